The number of esters is 1. The molecule has 7 nitrogen and oxygen atoms in total. The summed E-state index contributed by atoms with van der Waals surface area (Å²) in [6, 6.07) is 1.62. The minimum absolute atomic E-state index is 0.0907. The Morgan fingerprint density at radius 3 is 2.80 bits per heavy atom. The Balaban J connectivity index is 2.07. The van der Waals surface area contributed by atoms with Crippen molar-refractivity contribution in [3.05, 3.63) is 29.6 Å². The molecule has 0 spiro atoms. The Labute approximate surface area is 117 Å². The zero-order valence-corrected chi connectivity index (χ0v) is 12.0. The van der Waals surface area contributed by atoms with Crippen LogP contribution in [-0.4, -0.2) is 25.3 Å². The highest BCUT2D eigenvalue weighted by Crippen LogP contribution is 2.13. The standard InChI is InChI=1S/C13H19N5O2/c1-4-5-18-7-10(14)6-11(18)13(19)20-8-12-16-15-9(2)17(12)3/h6-7H,4-5,8,14H2,1-3H3. The third-order valence-corrected chi connectivity index (χ3v) is 3.11. The molecule has 7 heteroatoms. The summed E-state index contributed by atoms with van der Waals surface area (Å²) in [5.74, 6) is 0.975. The highest BCUT2D eigenvalue weighted by Gasteiger charge is 2.15. The van der Waals surface area contributed by atoms with Gasteiger partial charge in [0.2, 0.25) is 0 Å². The van der Waals surface area contributed by atoms with Gasteiger partial charge in [-0.05, 0) is 19.4 Å². The molecule has 2 N–H and O–H groups in total. The average Bonchev–Trinajstić information content (AvgIpc) is 2.93. The van der Waals surface area contributed by atoms with E-state index in [0.29, 0.717) is 17.2 Å². The van der Waals surface area contributed by atoms with E-state index >= 15 is 0 Å². The second-order valence-corrected chi connectivity index (χ2v) is 4.65. The number of nitrogens with two attached hydrogens (primary N) is 1. The van der Waals surface area contributed by atoms with E-state index < -0.39 is 5.97 Å². The van der Waals surface area contributed by atoms with Gasteiger partial charge in [-0.25, -0.2) is 4.79 Å². The van der Waals surface area contributed by atoms with Crippen molar-refractivity contribution in [1.29, 1.82) is 0 Å². The molecule has 0 aromatic carbocycles. The first-order chi connectivity index (χ1) is 9.52. The summed E-state index contributed by atoms with van der Waals surface area (Å²) in [5.41, 5.74) is 6.74. The van der Waals surface area contributed by atoms with Crippen LogP contribution < -0.4 is 5.73 Å². The van der Waals surface area contributed by atoms with Crippen molar-refractivity contribution in [3.63, 3.8) is 0 Å². The first-order valence-corrected chi connectivity index (χ1v) is 6.50. The number of hydrogen-bond acceptors (Lipinski definition) is 5. The number of aryl methyl sites for hydroxylation is 2. The number of nitrogens with zero attached hydrogens (tertiary/aromatic N) is 4. The molecule has 0 atom stereocenters. The van der Waals surface area contributed by atoms with Crippen LogP contribution in [0.25, 0.3) is 0 Å². The van der Waals surface area contributed by atoms with Crippen molar-refractivity contribution in [2.45, 2.75) is 33.4 Å². The van der Waals surface area contributed by atoms with Gasteiger partial charge in [-0.3, -0.25) is 0 Å². The molecule has 108 valence electrons. The minimum Gasteiger partial charge on any atom is -0.453 e. The Morgan fingerprint density at radius 2 is 2.20 bits per heavy atom. The Morgan fingerprint density at radius 1 is 1.45 bits per heavy atom. The van der Waals surface area contributed by atoms with Gasteiger partial charge in [-0.2, -0.15) is 0 Å². The van der Waals surface area contributed by atoms with Crippen LogP contribution in [-0.2, 0) is 24.9 Å². The molecule has 0 bridgehead atoms. The molecular weight excluding hydrogens is 258 g/mol. The van der Waals surface area contributed by atoms with Gasteiger partial charge in [0.05, 0.1) is 5.69 Å². The summed E-state index contributed by atoms with van der Waals surface area (Å²) < 4.78 is 8.86. The fraction of sp³-hybridized carbons (Fsp3) is 0.462. The molecule has 0 saturated heterocycles. The smallest absolute Gasteiger partial charge is 0.355 e. The summed E-state index contributed by atoms with van der Waals surface area (Å²) in [6.45, 7) is 4.69. The molecule has 0 radical (unpaired) electrons. The first-order valence-electron chi connectivity index (χ1n) is 6.50. The lowest BCUT2D eigenvalue weighted by Crippen LogP contribution is -2.13. The van der Waals surface area contributed by atoms with Gasteiger partial charge in [0.1, 0.15) is 11.5 Å². The summed E-state index contributed by atoms with van der Waals surface area (Å²) in [6.07, 6.45) is 2.66. The molecular formula is C13H19N5O2. The Bertz CT molecular complexity index is 614. The first kappa shape index (κ1) is 14.1. The van der Waals surface area contributed by atoms with Gasteiger partial charge < -0.3 is 19.6 Å². The molecule has 2 rings (SSSR count). The van der Waals surface area contributed by atoms with Crippen LogP contribution in [0.15, 0.2) is 12.3 Å². The van der Waals surface area contributed by atoms with Gasteiger partial charge in [0.15, 0.2) is 12.4 Å². The molecule has 0 amide bonds. The normalized spacial score (nSPS) is 10.8. The van der Waals surface area contributed by atoms with E-state index in [9.17, 15) is 4.79 Å². The number of rotatable bonds is 5. The van der Waals surface area contributed by atoms with E-state index in [-0.39, 0.29) is 6.61 Å². The third-order valence-electron chi connectivity index (χ3n) is 3.11. The Kier molecular flexibility index (Phi) is 4.07. The van der Waals surface area contributed by atoms with E-state index in [1.54, 1.807) is 21.4 Å². The molecule has 2 aromatic heterocycles. The zero-order valence-electron chi connectivity index (χ0n) is 12.0. The van der Waals surface area contributed by atoms with E-state index in [0.717, 1.165) is 18.8 Å². The second kappa shape index (κ2) is 5.77. The average molecular weight is 277 g/mol. The lowest BCUT2D eigenvalue weighted by atomic mass is 10.4. The number of carbonyl (C=O) groups is 1. The maximum atomic E-state index is 12.1. The number of aromatic nitrogens is 4. The van der Waals surface area contributed by atoms with Crippen LogP contribution in [0.1, 0.15) is 35.5 Å². The molecule has 0 unspecified atom stereocenters. The summed E-state index contributed by atoms with van der Waals surface area (Å²) in [5, 5.41) is 7.86. The quantitative estimate of drug-likeness (QED) is 0.832. The largest absolute Gasteiger partial charge is 0.453 e. The highest BCUT2D eigenvalue weighted by molar-refractivity contribution is 5.89. The topological polar surface area (TPSA) is 88.0 Å². The highest BCUT2D eigenvalue weighted by atomic mass is 16.5. The number of nitrogen functional groups attached to an aromatic ring is 1. The van der Waals surface area contributed by atoms with Crippen molar-refractivity contribution < 1.29 is 9.53 Å². The lowest BCUT2D eigenvalue weighted by Gasteiger charge is -2.07. The van der Waals surface area contributed by atoms with Crippen LogP contribution in [0.5, 0.6) is 0 Å². The lowest BCUT2D eigenvalue weighted by molar-refractivity contribution is 0.0446. The van der Waals surface area contributed by atoms with Crippen molar-refractivity contribution in [1.82, 2.24) is 19.3 Å². The SMILES string of the molecule is CCCn1cc(N)cc1C(=O)OCc1nnc(C)n1C. The number of ether oxygens (including phenoxy) is 1. The van der Waals surface area contributed by atoms with Crippen LogP contribution in [0.2, 0.25) is 0 Å². The van der Waals surface area contributed by atoms with Gasteiger partial charge in [-0.1, -0.05) is 6.92 Å². The fourth-order valence-electron chi connectivity index (χ4n) is 1.91. The molecule has 0 aliphatic heterocycles. The maximum Gasteiger partial charge on any atom is 0.355 e. The summed E-state index contributed by atoms with van der Waals surface area (Å²) in [7, 11) is 1.83. The number of anilines is 1. The molecule has 2 aromatic rings. The second-order valence-electron chi connectivity index (χ2n) is 4.65. The van der Waals surface area contributed by atoms with Crippen LogP contribution >= 0.6 is 0 Å². The molecule has 0 aliphatic rings. The molecule has 0 saturated carbocycles. The minimum atomic E-state index is -0.407. The monoisotopic (exact) mass is 277 g/mol. The van der Waals surface area contributed by atoms with Gasteiger partial charge in [0, 0.05) is 19.8 Å². The van der Waals surface area contributed by atoms with Gasteiger partial charge in [-0.15, -0.1) is 10.2 Å². The molecule has 2 heterocycles. The Hall–Kier alpha value is -2.31. The number of carbonyl (C=O) groups excluding carboxylic acids is 1. The van der Waals surface area contributed by atoms with Crippen LogP contribution in [0.4, 0.5) is 5.69 Å². The summed E-state index contributed by atoms with van der Waals surface area (Å²) in [4.78, 5) is 12.1. The fourth-order valence-corrected chi connectivity index (χ4v) is 1.91. The maximum absolute atomic E-state index is 12.1. The predicted molar refractivity (Wildman–Crippen MR) is 74.0 cm³/mol. The zero-order chi connectivity index (χ0) is 14.7. The van der Waals surface area contributed by atoms with Gasteiger partial charge in [0.25, 0.3) is 0 Å². The van der Waals surface area contributed by atoms with Crippen molar-refractivity contribution >= 4 is 11.7 Å². The third kappa shape index (κ3) is 2.81. The molecule has 20 heavy (non-hydrogen) atoms. The van der Waals surface area contributed by atoms with Crippen LogP contribution in [0, 0.1) is 6.92 Å². The predicted octanol–water partition coefficient (Wildman–Crippen LogP) is 1.27. The van der Waals surface area contributed by atoms with E-state index in [2.05, 4.69) is 10.2 Å². The molecule has 0 fully saturated rings. The van der Waals surface area contributed by atoms with E-state index in [4.69, 9.17) is 10.5 Å². The summed E-state index contributed by atoms with van der Waals surface area (Å²) >= 11 is 0. The van der Waals surface area contributed by atoms with E-state index in [1.165, 1.54) is 0 Å². The van der Waals surface area contributed by atoms with E-state index in [1.807, 2.05) is 20.9 Å². The van der Waals surface area contributed by atoms with Crippen molar-refractivity contribution in [3.8, 4) is 0 Å². The molecule has 0 aliphatic carbocycles. The van der Waals surface area contributed by atoms with Gasteiger partial charge >= 0.3 is 5.97 Å². The van der Waals surface area contributed by atoms with Crippen molar-refractivity contribution in [2.24, 2.45) is 7.05 Å². The number of hydrogen-bond donors (Lipinski definition) is 1. The van der Waals surface area contributed by atoms with Crippen molar-refractivity contribution in [2.75, 3.05) is 5.73 Å². The van der Waals surface area contributed by atoms with Crippen LogP contribution in [0.3, 0.4) is 0 Å².